The van der Waals surface area contributed by atoms with E-state index < -0.39 is 0 Å². The van der Waals surface area contributed by atoms with Crippen molar-refractivity contribution < 1.29 is 9.47 Å². The smallest absolute Gasteiger partial charge is 0.233 e. The van der Waals surface area contributed by atoms with Crippen molar-refractivity contribution in [2.75, 3.05) is 42.3 Å². The van der Waals surface area contributed by atoms with Crippen molar-refractivity contribution in [3.8, 4) is 0 Å². The van der Waals surface area contributed by atoms with E-state index in [4.69, 9.17) is 15.2 Å². The van der Waals surface area contributed by atoms with E-state index in [0.717, 1.165) is 57.7 Å². The minimum atomic E-state index is 0.221. The first-order valence-electron chi connectivity index (χ1n) is 9.58. The van der Waals surface area contributed by atoms with E-state index in [1.165, 1.54) is 0 Å². The maximum absolute atomic E-state index is 6.25. The number of nitrogens with zero attached hydrogens (tertiary/aromatic N) is 4. The van der Waals surface area contributed by atoms with E-state index in [2.05, 4.69) is 25.2 Å². The van der Waals surface area contributed by atoms with Gasteiger partial charge in [-0.3, -0.25) is 0 Å². The molecule has 144 valence electrons. The van der Waals surface area contributed by atoms with Crippen LogP contribution < -0.4 is 16.0 Å². The second-order valence-corrected chi connectivity index (χ2v) is 6.94. The molecule has 27 heavy (non-hydrogen) atoms. The Morgan fingerprint density at radius 3 is 2.41 bits per heavy atom. The molecule has 2 aliphatic heterocycles. The Kier molecular flexibility index (Phi) is 5.64. The van der Waals surface area contributed by atoms with E-state index in [-0.39, 0.29) is 5.95 Å². The Hall–Kier alpha value is -2.45. The molecule has 1 aromatic heterocycles. The maximum atomic E-state index is 6.25. The highest BCUT2D eigenvalue weighted by Crippen LogP contribution is 2.23. The molecule has 3 heterocycles. The zero-order valence-electron chi connectivity index (χ0n) is 15.4. The number of nitrogens with two attached hydrogens (primary N) is 1. The zero-order valence-corrected chi connectivity index (χ0v) is 15.4. The van der Waals surface area contributed by atoms with Crippen molar-refractivity contribution in [2.45, 2.75) is 37.9 Å². The topological polar surface area (TPSA) is 98.4 Å². The molecular weight excluding hydrogens is 344 g/mol. The van der Waals surface area contributed by atoms with Crippen LogP contribution in [0.2, 0.25) is 0 Å². The molecule has 8 heteroatoms. The second kappa shape index (κ2) is 8.49. The van der Waals surface area contributed by atoms with Crippen LogP contribution in [0.15, 0.2) is 30.3 Å². The number of ether oxygens (including phenoxy) is 2. The molecule has 2 aliphatic rings. The summed E-state index contributed by atoms with van der Waals surface area (Å²) in [6.45, 7) is 3.32. The van der Waals surface area contributed by atoms with Gasteiger partial charge in [0.25, 0.3) is 0 Å². The Morgan fingerprint density at radius 1 is 0.963 bits per heavy atom. The fourth-order valence-electron chi connectivity index (χ4n) is 3.50. The quantitative estimate of drug-likeness (QED) is 0.828. The SMILES string of the molecule is Nc1nc(Nc2ccccc2)nc(N2CCC(OC3CCOCC3)CC2)n1. The number of nitrogen functional groups attached to an aromatic ring is 1. The predicted octanol–water partition coefficient (Wildman–Crippen LogP) is 2.36. The molecule has 0 bridgehead atoms. The lowest BCUT2D eigenvalue weighted by atomic mass is 10.1. The number of nitrogens with one attached hydrogen (secondary N) is 1. The van der Waals surface area contributed by atoms with Crippen LogP contribution in [0.5, 0.6) is 0 Å². The van der Waals surface area contributed by atoms with Crippen LogP contribution in [0, 0.1) is 0 Å². The van der Waals surface area contributed by atoms with E-state index >= 15 is 0 Å². The fraction of sp³-hybridized carbons (Fsp3) is 0.526. The summed E-state index contributed by atoms with van der Waals surface area (Å²) in [5.74, 6) is 1.30. The van der Waals surface area contributed by atoms with Crippen molar-refractivity contribution in [3.63, 3.8) is 0 Å². The summed E-state index contributed by atoms with van der Waals surface area (Å²) >= 11 is 0. The summed E-state index contributed by atoms with van der Waals surface area (Å²) in [4.78, 5) is 15.2. The molecule has 0 radical (unpaired) electrons. The molecule has 8 nitrogen and oxygen atoms in total. The van der Waals surface area contributed by atoms with Gasteiger partial charge < -0.3 is 25.4 Å². The van der Waals surface area contributed by atoms with Gasteiger partial charge in [-0.25, -0.2) is 0 Å². The lowest BCUT2D eigenvalue weighted by Crippen LogP contribution is -2.40. The summed E-state index contributed by atoms with van der Waals surface area (Å²) in [7, 11) is 0. The molecule has 0 amide bonds. The predicted molar refractivity (Wildman–Crippen MR) is 104 cm³/mol. The van der Waals surface area contributed by atoms with Gasteiger partial charge in [-0.2, -0.15) is 15.0 Å². The van der Waals surface area contributed by atoms with Gasteiger partial charge in [-0.05, 0) is 37.8 Å². The average molecular weight is 370 g/mol. The number of benzene rings is 1. The molecule has 0 aliphatic carbocycles. The summed E-state index contributed by atoms with van der Waals surface area (Å²) < 4.78 is 11.6. The third kappa shape index (κ3) is 4.84. The zero-order chi connectivity index (χ0) is 18.5. The van der Waals surface area contributed by atoms with Gasteiger partial charge in [0.1, 0.15) is 0 Å². The van der Waals surface area contributed by atoms with Gasteiger partial charge in [0.05, 0.1) is 12.2 Å². The second-order valence-electron chi connectivity index (χ2n) is 6.94. The average Bonchev–Trinajstić information content (AvgIpc) is 2.70. The highest BCUT2D eigenvalue weighted by molar-refractivity contribution is 5.55. The van der Waals surface area contributed by atoms with Crippen molar-refractivity contribution >= 4 is 23.5 Å². The van der Waals surface area contributed by atoms with E-state index in [1.807, 2.05) is 30.3 Å². The molecule has 1 aromatic carbocycles. The minimum absolute atomic E-state index is 0.221. The van der Waals surface area contributed by atoms with Crippen LogP contribution in [0.3, 0.4) is 0 Å². The van der Waals surface area contributed by atoms with Gasteiger partial charge in [0, 0.05) is 32.0 Å². The van der Waals surface area contributed by atoms with Gasteiger partial charge in [0.15, 0.2) is 0 Å². The normalized spacial score (nSPS) is 19.2. The van der Waals surface area contributed by atoms with Gasteiger partial charge in [-0.15, -0.1) is 0 Å². The minimum Gasteiger partial charge on any atom is -0.381 e. The van der Waals surface area contributed by atoms with Crippen LogP contribution in [-0.2, 0) is 9.47 Å². The molecule has 0 atom stereocenters. The standard InChI is InChI=1S/C19H26N6O2/c20-17-22-18(21-14-4-2-1-3-5-14)24-19(23-17)25-10-6-15(7-11-25)27-16-8-12-26-13-9-16/h1-5,15-16H,6-13H2,(H3,20,21,22,23,24). The molecule has 2 aromatic rings. The summed E-state index contributed by atoms with van der Waals surface area (Å²) in [5, 5.41) is 3.18. The Labute approximate surface area is 159 Å². The van der Waals surface area contributed by atoms with Crippen LogP contribution in [0.25, 0.3) is 0 Å². The Bertz CT molecular complexity index is 730. The first-order chi connectivity index (χ1) is 13.3. The lowest BCUT2D eigenvalue weighted by Gasteiger charge is -2.34. The molecule has 2 saturated heterocycles. The van der Waals surface area contributed by atoms with Crippen molar-refractivity contribution in [2.24, 2.45) is 0 Å². The molecule has 0 saturated carbocycles. The highest BCUT2D eigenvalue weighted by atomic mass is 16.5. The van der Waals surface area contributed by atoms with Crippen LogP contribution in [-0.4, -0.2) is 53.5 Å². The first kappa shape index (κ1) is 17.9. The van der Waals surface area contributed by atoms with Crippen molar-refractivity contribution in [3.05, 3.63) is 30.3 Å². The number of piperidine rings is 1. The monoisotopic (exact) mass is 370 g/mol. The highest BCUT2D eigenvalue weighted by Gasteiger charge is 2.25. The van der Waals surface area contributed by atoms with E-state index in [1.54, 1.807) is 0 Å². The number of rotatable bonds is 5. The summed E-state index contributed by atoms with van der Waals surface area (Å²) in [6.07, 6.45) is 4.56. The van der Waals surface area contributed by atoms with Gasteiger partial charge in [-0.1, -0.05) is 18.2 Å². The van der Waals surface area contributed by atoms with Gasteiger partial charge in [0.2, 0.25) is 17.8 Å². The van der Waals surface area contributed by atoms with E-state index in [9.17, 15) is 0 Å². The van der Waals surface area contributed by atoms with Gasteiger partial charge >= 0.3 is 0 Å². The number of para-hydroxylation sites is 1. The fourth-order valence-corrected chi connectivity index (χ4v) is 3.50. The first-order valence-corrected chi connectivity index (χ1v) is 9.58. The van der Waals surface area contributed by atoms with E-state index in [0.29, 0.717) is 24.1 Å². The third-order valence-corrected chi connectivity index (χ3v) is 4.95. The lowest BCUT2D eigenvalue weighted by molar-refractivity contribution is -0.0744. The molecule has 3 N–H and O–H groups in total. The van der Waals surface area contributed by atoms with Crippen LogP contribution in [0.1, 0.15) is 25.7 Å². The Morgan fingerprint density at radius 2 is 1.67 bits per heavy atom. The van der Waals surface area contributed by atoms with Crippen LogP contribution in [0.4, 0.5) is 23.5 Å². The van der Waals surface area contributed by atoms with Crippen LogP contribution >= 0.6 is 0 Å². The van der Waals surface area contributed by atoms with Crippen molar-refractivity contribution in [1.82, 2.24) is 15.0 Å². The molecule has 0 unspecified atom stereocenters. The molecular formula is C19H26N6O2. The largest absolute Gasteiger partial charge is 0.381 e. The Balaban J connectivity index is 1.36. The maximum Gasteiger partial charge on any atom is 0.233 e. The number of hydrogen-bond acceptors (Lipinski definition) is 8. The number of anilines is 4. The number of hydrogen-bond donors (Lipinski definition) is 2. The number of aromatic nitrogens is 3. The summed E-state index contributed by atoms with van der Waals surface area (Å²) in [5.41, 5.74) is 6.82. The summed E-state index contributed by atoms with van der Waals surface area (Å²) in [6, 6.07) is 9.79. The molecule has 0 spiro atoms. The molecule has 2 fully saturated rings. The molecule has 4 rings (SSSR count). The third-order valence-electron chi connectivity index (χ3n) is 4.95. The van der Waals surface area contributed by atoms with Crippen molar-refractivity contribution in [1.29, 1.82) is 0 Å².